The summed E-state index contributed by atoms with van der Waals surface area (Å²) in [4.78, 5) is 10.9. The average Bonchev–Trinajstić information content (AvgIpc) is 2.66. The number of aryl methyl sites for hydroxylation is 2. The lowest BCUT2D eigenvalue weighted by Gasteiger charge is -2.35. The highest BCUT2D eigenvalue weighted by atomic mass is 16.5. The lowest BCUT2D eigenvalue weighted by atomic mass is 10.00. The van der Waals surface area contributed by atoms with Crippen molar-refractivity contribution in [1.82, 2.24) is 15.2 Å². The van der Waals surface area contributed by atoms with Gasteiger partial charge in [0.05, 0.1) is 13.2 Å². The van der Waals surface area contributed by atoms with Crippen molar-refractivity contribution in [3.05, 3.63) is 65.0 Å². The van der Waals surface area contributed by atoms with Crippen LogP contribution in [-0.4, -0.2) is 49.1 Å². The van der Waals surface area contributed by atoms with Crippen LogP contribution < -0.4 is 5.32 Å². The van der Waals surface area contributed by atoms with E-state index in [-0.39, 0.29) is 6.10 Å². The molecule has 1 fully saturated rings. The van der Waals surface area contributed by atoms with Gasteiger partial charge in [0.2, 0.25) is 0 Å². The molecule has 3 rings (SSSR count). The van der Waals surface area contributed by atoms with E-state index in [1.54, 1.807) is 6.20 Å². The Labute approximate surface area is 156 Å². The maximum atomic E-state index is 6.05. The molecule has 1 aliphatic rings. The Morgan fingerprint density at radius 2 is 2.23 bits per heavy atom. The summed E-state index contributed by atoms with van der Waals surface area (Å²) in [5.74, 6) is 0.937. The molecule has 1 aromatic carbocycles. The van der Waals surface area contributed by atoms with Gasteiger partial charge >= 0.3 is 0 Å². The summed E-state index contributed by atoms with van der Waals surface area (Å²) in [5.41, 5.74) is 5.07. The smallest absolute Gasteiger partial charge is 0.193 e. The number of hydrogen-bond donors (Lipinski definition) is 1. The van der Waals surface area contributed by atoms with E-state index in [0.29, 0.717) is 6.61 Å². The van der Waals surface area contributed by atoms with Crippen LogP contribution in [0.15, 0.2) is 47.7 Å². The van der Waals surface area contributed by atoms with Gasteiger partial charge in [0, 0.05) is 32.5 Å². The second-order valence-corrected chi connectivity index (χ2v) is 6.75. The lowest BCUT2D eigenvalue weighted by Crippen LogP contribution is -2.48. The zero-order valence-corrected chi connectivity index (χ0v) is 15.9. The van der Waals surface area contributed by atoms with Crippen molar-refractivity contribution in [3.63, 3.8) is 0 Å². The average molecular weight is 352 g/mol. The van der Waals surface area contributed by atoms with Crippen LogP contribution in [0.25, 0.3) is 0 Å². The van der Waals surface area contributed by atoms with E-state index in [4.69, 9.17) is 4.74 Å². The molecule has 0 bridgehead atoms. The number of aromatic nitrogens is 1. The Bertz CT molecular complexity index is 745. The van der Waals surface area contributed by atoms with E-state index >= 15 is 0 Å². The van der Waals surface area contributed by atoms with E-state index in [0.717, 1.165) is 32.0 Å². The SMILES string of the molecule is CN=C(NCCc1cccnc1)N1CCOC(c2ccc(C)cc2C)C1. The highest BCUT2D eigenvalue weighted by molar-refractivity contribution is 5.80. The van der Waals surface area contributed by atoms with E-state index in [1.807, 2.05) is 19.3 Å². The summed E-state index contributed by atoms with van der Waals surface area (Å²) < 4.78 is 6.05. The van der Waals surface area contributed by atoms with Crippen molar-refractivity contribution >= 4 is 5.96 Å². The molecule has 26 heavy (non-hydrogen) atoms. The Hall–Kier alpha value is -2.40. The number of hydrogen-bond acceptors (Lipinski definition) is 3. The molecule has 0 saturated carbocycles. The Morgan fingerprint density at radius 1 is 1.35 bits per heavy atom. The van der Waals surface area contributed by atoms with E-state index in [1.165, 1.54) is 22.3 Å². The number of pyridine rings is 1. The maximum Gasteiger partial charge on any atom is 0.193 e. The molecule has 5 nitrogen and oxygen atoms in total. The second-order valence-electron chi connectivity index (χ2n) is 6.75. The van der Waals surface area contributed by atoms with Crippen molar-refractivity contribution in [1.29, 1.82) is 0 Å². The number of rotatable bonds is 4. The molecular formula is C21H28N4O. The predicted octanol–water partition coefficient (Wildman–Crippen LogP) is 2.89. The van der Waals surface area contributed by atoms with Gasteiger partial charge in [0.1, 0.15) is 6.10 Å². The van der Waals surface area contributed by atoms with Gasteiger partial charge in [0.25, 0.3) is 0 Å². The monoisotopic (exact) mass is 352 g/mol. The number of guanidine groups is 1. The van der Waals surface area contributed by atoms with Gasteiger partial charge in [-0.05, 0) is 43.0 Å². The fraction of sp³-hybridized carbons (Fsp3) is 0.429. The topological polar surface area (TPSA) is 49.8 Å². The van der Waals surface area contributed by atoms with Crippen LogP contribution in [-0.2, 0) is 11.2 Å². The van der Waals surface area contributed by atoms with Crippen molar-refractivity contribution in [2.24, 2.45) is 4.99 Å². The van der Waals surface area contributed by atoms with E-state index < -0.39 is 0 Å². The first-order chi connectivity index (χ1) is 12.7. The molecule has 0 radical (unpaired) electrons. The van der Waals surface area contributed by atoms with Gasteiger partial charge in [-0.3, -0.25) is 9.98 Å². The molecule has 0 spiro atoms. The lowest BCUT2D eigenvalue weighted by molar-refractivity contribution is -0.00830. The molecule has 1 atom stereocenters. The van der Waals surface area contributed by atoms with E-state index in [9.17, 15) is 0 Å². The van der Waals surface area contributed by atoms with Crippen LogP contribution in [0.5, 0.6) is 0 Å². The fourth-order valence-corrected chi connectivity index (χ4v) is 3.41. The Balaban J connectivity index is 1.60. The first-order valence-corrected chi connectivity index (χ1v) is 9.20. The van der Waals surface area contributed by atoms with Crippen LogP contribution in [0, 0.1) is 13.8 Å². The molecule has 1 aromatic heterocycles. The number of aliphatic imine (C=N–C) groups is 1. The van der Waals surface area contributed by atoms with Crippen LogP contribution in [0.3, 0.4) is 0 Å². The van der Waals surface area contributed by atoms with Crippen LogP contribution in [0.1, 0.15) is 28.4 Å². The highest BCUT2D eigenvalue weighted by Gasteiger charge is 2.25. The van der Waals surface area contributed by atoms with Crippen LogP contribution >= 0.6 is 0 Å². The minimum atomic E-state index is 0.0845. The van der Waals surface area contributed by atoms with Gasteiger partial charge in [-0.25, -0.2) is 0 Å². The Kier molecular flexibility index (Phi) is 6.23. The second kappa shape index (κ2) is 8.81. The van der Waals surface area contributed by atoms with Crippen molar-refractivity contribution < 1.29 is 4.74 Å². The summed E-state index contributed by atoms with van der Waals surface area (Å²) >= 11 is 0. The molecule has 2 heterocycles. The predicted molar refractivity (Wildman–Crippen MR) is 105 cm³/mol. The maximum absolute atomic E-state index is 6.05. The highest BCUT2D eigenvalue weighted by Crippen LogP contribution is 2.25. The minimum Gasteiger partial charge on any atom is -0.370 e. The van der Waals surface area contributed by atoms with Gasteiger partial charge in [-0.2, -0.15) is 0 Å². The molecule has 5 heteroatoms. The van der Waals surface area contributed by atoms with Crippen molar-refractivity contribution in [2.45, 2.75) is 26.4 Å². The summed E-state index contributed by atoms with van der Waals surface area (Å²) in [6.45, 7) is 7.50. The largest absolute Gasteiger partial charge is 0.370 e. The molecule has 2 aromatic rings. The van der Waals surface area contributed by atoms with Crippen molar-refractivity contribution in [2.75, 3.05) is 33.3 Å². The van der Waals surface area contributed by atoms with Gasteiger partial charge in [-0.1, -0.05) is 29.8 Å². The standard InChI is InChI=1S/C21H28N4O/c1-16-6-7-19(17(2)13-16)20-15-25(11-12-26-20)21(22-3)24-10-8-18-5-4-9-23-14-18/h4-7,9,13-14,20H,8,10-12,15H2,1-3H3,(H,22,24). The molecule has 1 aliphatic heterocycles. The molecule has 0 amide bonds. The molecule has 1 N–H and O–H groups in total. The van der Waals surface area contributed by atoms with Crippen LogP contribution in [0.2, 0.25) is 0 Å². The molecule has 1 unspecified atom stereocenters. The number of nitrogens with one attached hydrogen (secondary N) is 1. The van der Waals surface area contributed by atoms with Gasteiger partial charge in [0.15, 0.2) is 5.96 Å². The number of nitrogens with zero attached hydrogens (tertiary/aromatic N) is 3. The zero-order chi connectivity index (χ0) is 18.4. The quantitative estimate of drug-likeness (QED) is 0.679. The van der Waals surface area contributed by atoms with Gasteiger partial charge < -0.3 is 15.0 Å². The summed E-state index contributed by atoms with van der Waals surface area (Å²) in [7, 11) is 1.84. The third-order valence-corrected chi connectivity index (χ3v) is 4.77. The Morgan fingerprint density at radius 3 is 2.96 bits per heavy atom. The number of ether oxygens (including phenoxy) is 1. The number of benzene rings is 1. The third-order valence-electron chi connectivity index (χ3n) is 4.77. The molecular weight excluding hydrogens is 324 g/mol. The fourth-order valence-electron chi connectivity index (χ4n) is 3.41. The first-order valence-electron chi connectivity index (χ1n) is 9.20. The third kappa shape index (κ3) is 4.61. The number of morpholine rings is 1. The summed E-state index contributed by atoms with van der Waals surface area (Å²) in [6, 6.07) is 10.6. The minimum absolute atomic E-state index is 0.0845. The molecule has 0 aliphatic carbocycles. The summed E-state index contributed by atoms with van der Waals surface area (Å²) in [5, 5.41) is 3.48. The van der Waals surface area contributed by atoms with Gasteiger partial charge in [-0.15, -0.1) is 0 Å². The molecule has 1 saturated heterocycles. The van der Waals surface area contributed by atoms with E-state index in [2.05, 4.69) is 58.3 Å². The van der Waals surface area contributed by atoms with Crippen molar-refractivity contribution in [3.8, 4) is 0 Å². The van der Waals surface area contributed by atoms with Crippen LogP contribution in [0.4, 0.5) is 0 Å². The zero-order valence-electron chi connectivity index (χ0n) is 15.9. The summed E-state index contributed by atoms with van der Waals surface area (Å²) in [6.07, 6.45) is 4.73. The molecule has 138 valence electrons. The first kappa shape index (κ1) is 18.4. The normalized spacial score (nSPS) is 18.0.